The first kappa shape index (κ1) is 16.9. The van der Waals surface area contributed by atoms with Crippen molar-refractivity contribution in [2.75, 3.05) is 19.8 Å². The Morgan fingerprint density at radius 1 is 1.36 bits per heavy atom. The minimum absolute atomic E-state index is 0.00938. The van der Waals surface area contributed by atoms with Crippen LogP contribution in [0.2, 0.25) is 0 Å². The number of carbonyl (C=O) groups is 2. The van der Waals surface area contributed by atoms with Gasteiger partial charge in [0.1, 0.15) is 5.82 Å². The molecule has 7 heteroatoms. The van der Waals surface area contributed by atoms with Gasteiger partial charge in [0.2, 0.25) is 5.91 Å². The maximum atomic E-state index is 13.2. The highest BCUT2D eigenvalue weighted by molar-refractivity contribution is 9.10. The van der Waals surface area contributed by atoms with E-state index in [0.717, 1.165) is 0 Å². The number of halogens is 2. The number of carboxylic acids is 1. The Morgan fingerprint density at radius 2 is 2.05 bits per heavy atom. The van der Waals surface area contributed by atoms with E-state index >= 15 is 0 Å². The molecule has 1 aromatic carbocycles. The summed E-state index contributed by atoms with van der Waals surface area (Å²) in [6, 6.07) is 4.12. The van der Waals surface area contributed by atoms with Crippen molar-refractivity contribution in [1.82, 2.24) is 5.32 Å². The standard InChI is InChI=1S/C15H17BrFNO4/c16-12-2-1-11(17)7-10(12)8-13(19)18-9-15(14(20)21)3-5-22-6-4-15/h1-2,7H,3-6,8-9H2,(H,18,19)(H,20,21). The fraction of sp³-hybridized carbons (Fsp3) is 0.467. The monoisotopic (exact) mass is 373 g/mol. The summed E-state index contributed by atoms with van der Waals surface area (Å²) in [5.41, 5.74) is -0.457. The van der Waals surface area contributed by atoms with Gasteiger partial charge in [0.15, 0.2) is 0 Å². The summed E-state index contributed by atoms with van der Waals surface area (Å²) in [5, 5.41) is 12.1. The van der Waals surface area contributed by atoms with Gasteiger partial charge in [-0.3, -0.25) is 9.59 Å². The average Bonchev–Trinajstić information content (AvgIpc) is 2.50. The first-order valence-electron chi connectivity index (χ1n) is 6.95. The largest absolute Gasteiger partial charge is 0.481 e. The molecule has 0 aliphatic carbocycles. The lowest BCUT2D eigenvalue weighted by molar-refractivity contribution is -0.154. The summed E-state index contributed by atoms with van der Waals surface area (Å²) in [7, 11) is 0. The summed E-state index contributed by atoms with van der Waals surface area (Å²) >= 11 is 3.26. The van der Waals surface area contributed by atoms with E-state index in [2.05, 4.69) is 21.2 Å². The number of hydrogen-bond donors (Lipinski definition) is 2. The molecule has 1 fully saturated rings. The van der Waals surface area contributed by atoms with E-state index in [1.807, 2.05) is 0 Å². The van der Waals surface area contributed by atoms with Crippen molar-refractivity contribution in [3.63, 3.8) is 0 Å². The number of hydrogen-bond acceptors (Lipinski definition) is 3. The number of carbonyl (C=O) groups excluding carboxylic acids is 1. The van der Waals surface area contributed by atoms with Crippen LogP contribution in [0.3, 0.4) is 0 Å². The van der Waals surface area contributed by atoms with E-state index < -0.39 is 17.2 Å². The van der Waals surface area contributed by atoms with Gasteiger partial charge in [-0.05, 0) is 36.6 Å². The van der Waals surface area contributed by atoms with Gasteiger partial charge in [0.05, 0.1) is 11.8 Å². The molecule has 1 amide bonds. The molecule has 0 unspecified atom stereocenters. The molecule has 120 valence electrons. The van der Waals surface area contributed by atoms with Gasteiger partial charge < -0.3 is 15.2 Å². The van der Waals surface area contributed by atoms with E-state index in [4.69, 9.17) is 4.74 Å². The zero-order valence-electron chi connectivity index (χ0n) is 11.9. The molecule has 0 radical (unpaired) electrons. The molecule has 0 saturated carbocycles. The molecule has 2 rings (SSSR count). The van der Waals surface area contributed by atoms with E-state index in [-0.39, 0.29) is 18.9 Å². The second-order valence-electron chi connectivity index (χ2n) is 5.39. The van der Waals surface area contributed by atoms with Crippen LogP contribution in [0.15, 0.2) is 22.7 Å². The van der Waals surface area contributed by atoms with Gasteiger partial charge in [-0.15, -0.1) is 0 Å². The van der Waals surface area contributed by atoms with Crippen molar-refractivity contribution in [3.8, 4) is 0 Å². The van der Waals surface area contributed by atoms with Crippen LogP contribution in [0.4, 0.5) is 4.39 Å². The maximum absolute atomic E-state index is 13.2. The predicted molar refractivity (Wildman–Crippen MR) is 80.9 cm³/mol. The summed E-state index contributed by atoms with van der Waals surface area (Å²) in [6.07, 6.45) is 0.725. The fourth-order valence-electron chi connectivity index (χ4n) is 2.41. The van der Waals surface area contributed by atoms with E-state index in [9.17, 15) is 19.1 Å². The number of nitrogens with one attached hydrogen (secondary N) is 1. The number of amides is 1. The molecule has 1 aromatic rings. The van der Waals surface area contributed by atoms with Crippen LogP contribution in [0, 0.1) is 11.2 Å². The molecule has 0 bridgehead atoms. The van der Waals surface area contributed by atoms with Crippen LogP contribution in [0.1, 0.15) is 18.4 Å². The number of aliphatic carboxylic acids is 1. The zero-order valence-corrected chi connectivity index (χ0v) is 13.5. The van der Waals surface area contributed by atoms with Crippen molar-refractivity contribution in [2.45, 2.75) is 19.3 Å². The fourth-order valence-corrected chi connectivity index (χ4v) is 2.80. The highest BCUT2D eigenvalue weighted by atomic mass is 79.9. The molecular formula is C15H17BrFNO4. The zero-order chi connectivity index (χ0) is 16.2. The minimum atomic E-state index is -0.979. The number of benzene rings is 1. The molecular weight excluding hydrogens is 357 g/mol. The van der Waals surface area contributed by atoms with Gasteiger partial charge in [-0.2, -0.15) is 0 Å². The summed E-state index contributed by atoms with van der Waals surface area (Å²) in [6.45, 7) is 0.798. The van der Waals surface area contributed by atoms with Crippen LogP contribution in [-0.2, 0) is 20.7 Å². The topological polar surface area (TPSA) is 75.6 Å². The molecule has 5 nitrogen and oxygen atoms in total. The van der Waals surface area contributed by atoms with Gasteiger partial charge >= 0.3 is 5.97 Å². The van der Waals surface area contributed by atoms with Crippen molar-refractivity contribution in [2.24, 2.45) is 5.41 Å². The smallest absolute Gasteiger partial charge is 0.311 e. The van der Waals surface area contributed by atoms with Crippen molar-refractivity contribution in [1.29, 1.82) is 0 Å². The highest BCUT2D eigenvalue weighted by Gasteiger charge is 2.40. The Bertz CT molecular complexity index is 573. The van der Waals surface area contributed by atoms with Crippen molar-refractivity contribution < 1.29 is 23.8 Å². The average molecular weight is 374 g/mol. The van der Waals surface area contributed by atoms with Crippen molar-refractivity contribution in [3.05, 3.63) is 34.1 Å². The quantitative estimate of drug-likeness (QED) is 0.828. The van der Waals surface area contributed by atoms with Crippen LogP contribution in [0.25, 0.3) is 0 Å². The minimum Gasteiger partial charge on any atom is -0.481 e. The lowest BCUT2D eigenvalue weighted by atomic mass is 9.80. The Kier molecular flexibility index (Phi) is 5.52. The third-order valence-corrected chi connectivity index (χ3v) is 4.66. The first-order chi connectivity index (χ1) is 10.4. The van der Waals surface area contributed by atoms with Gasteiger partial charge in [0.25, 0.3) is 0 Å². The van der Waals surface area contributed by atoms with Crippen LogP contribution >= 0.6 is 15.9 Å². The normalized spacial score (nSPS) is 17.0. The van der Waals surface area contributed by atoms with Crippen molar-refractivity contribution >= 4 is 27.8 Å². The predicted octanol–water partition coefficient (Wildman–Crippen LogP) is 2.13. The molecule has 1 heterocycles. The molecule has 2 N–H and O–H groups in total. The van der Waals surface area contributed by atoms with Crippen LogP contribution in [-0.4, -0.2) is 36.7 Å². The summed E-state index contributed by atoms with van der Waals surface area (Å²) in [5.74, 6) is -1.68. The molecule has 1 aliphatic rings. The second-order valence-corrected chi connectivity index (χ2v) is 6.24. The van der Waals surface area contributed by atoms with Gasteiger partial charge in [-0.1, -0.05) is 15.9 Å². The Morgan fingerprint density at radius 3 is 2.68 bits per heavy atom. The molecule has 1 aliphatic heterocycles. The van der Waals surface area contributed by atoms with Crippen LogP contribution < -0.4 is 5.32 Å². The summed E-state index contributed by atoms with van der Waals surface area (Å²) < 4.78 is 19.0. The summed E-state index contributed by atoms with van der Waals surface area (Å²) in [4.78, 5) is 23.5. The SMILES string of the molecule is O=C(Cc1cc(F)ccc1Br)NCC1(C(=O)O)CCOCC1. The molecule has 1 saturated heterocycles. The van der Waals surface area contributed by atoms with E-state index in [1.165, 1.54) is 18.2 Å². The Balaban J connectivity index is 1.96. The lowest BCUT2D eigenvalue weighted by Gasteiger charge is -2.33. The first-order valence-corrected chi connectivity index (χ1v) is 7.74. The number of carboxylic acid groups (broad SMARTS) is 1. The third-order valence-electron chi connectivity index (χ3n) is 3.89. The van der Waals surface area contributed by atoms with E-state index in [1.54, 1.807) is 0 Å². The molecule has 22 heavy (non-hydrogen) atoms. The van der Waals surface area contributed by atoms with Crippen LogP contribution in [0.5, 0.6) is 0 Å². The molecule has 0 aromatic heterocycles. The molecule has 0 spiro atoms. The molecule has 0 atom stereocenters. The lowest BCUT2D eigenvalue weighted by Crippen LogP contribution is -2.46. The highest BCUT2D eigenvalue weighted by Crippen LogP contribution is 2.30. The number of rotatable bonds is 5. The maximum Gasteiger partial charge on any atom is 0.311 e. The Hall–Kier alpha value is -1.47. The van der Waals surface area contributed by atoms with Gasteiger partial charge in [0, 0.05) is 24.2 Å². The van der Waals surface area contributed by atoms with E-state index in [0.29, 0.717) is 36.1 Å². The Labute approximate surface area is 136 Å². The third kappa shape index (κ3) is 4.04. The van der Waals surface area contributed by atoms with Gasteiger partial charge in [-0.25, -0.2) is 4.39 Å². The second kappa shape index (κ2) is 7.19. The number of ether oxygens (including phenoxy) is 1.